The van der Waals surface area contributed by atoms with Gasteiger partial charge in [-0.2, -0.15) is 0 Å². The first kappa shape index (κ1) is 25.1. The summed E-state index contributed by atoms with van der Waals surface area (Å²) in [5.41, 5.74) is 0.541. The number of nitrogens with zero attached hydrogens (tertiary/aromatic N) is 4. The number of ether oxygens (including phenoxy) is 1. The number of amides is 2. The molecular weight excluding hydrogens is 524 g/mol. The molecule has 9 heteroatoms. The number of halogens is 1. The Balaban J connectivity index is 1.79. The van der Waals surface area contributed by atoms with Crippen molar-refractivity contribution in [2.75, 3.05) is 11.5 Å². The van der Waals surface area contributed by atoms with E-state index < -0.39 is 23.2 Å². The third-order valence-corrected chi connectivity index (χ3v) is 6.35. The second-order valence-corrected chi connectivity index (χ2v) is 9.16. The number of hydrogen-bond donors (Lipinski definition) is 0. The zero-order valence-electron chi connectivity index (χ0n) is 19.6. The van der Waals surface area contributed by atoms with Gasteiger partial charge in [-0.3, -0.25) is 14.4 Å². The number of carbonyl (C=O) groups is 3. The number of anilines is 1. The highest BCUT2D eigenvalue weighted by Gasteiger charge is 2.56. The second kappa shape index (κ2) is 10.7. The van der Waals surface area contributed by atoms with Gasteiger partial charge >= 0.3 is 5.97 Å². The van der Waals surface area contributed by atoms with E-state index in [9.17, 15) is 14.4 Å². The first-order chi connectivity index (χ1) is 17.4. The zero-order chi connectivity index (χ0) is 25.7. The Morgan fingerprint density at radius 2 is 1.89 bits per heavy atom. The minimum absolute atomic E-state index is 0.0198. The average molecular weight is 547 g/mol. The predicted molar refractivity (Wildman–Crippen MR) is 137 cm³/mol. The minimum atomic E-state index is -1.36. The van der Waals surface area contributed by atoms with Crippen LogP contribution in [0.4, 0.5) is 5.69 Å². The van der Waals surface area contributed by atoms with Gasteiger partial charge in [0.15, 0.2) is 0 Å². The number of rotatable bonds is 8. The molecule has 1 aliphatic heterocycles. The van der Waals surface area contributed by atoms with E-state index in [2.05, 4.69) is 32.2 Å². The summed E-state index contributed by atoms with van der Waals surface area (Å²) in [5, 5.41) is 8.14. The van der Waals surface area contributed by atoms with Gasteiger partial charge in [0.25, 0.3) is 5.91 Å². The van der Waals surface area contributed by atoms with Crippen molar-refractivity contribution >= 4 is 45.5 Å². The number of terminal acetylenes is 1. The van der Waals surface area contributed by atoms with Gasteiger partial charge in [0.1, 0.15) is 6.54 Å². The Morgan fingerprint density at radius 3 is 2.56 bits per heavy atom. The highest BCUT2D eigenvalue weighted by molar-refractivity contribution is 9.10. The Bertz CT molecular complexity index is 1360. The van der Waals surface area contributed by atoms with Crippen molar-refractivity contribution < 1.29 is 19.1 Å². The fraction of sp³-hybridized carbons (Fsp3) is 0.222. The molecule has 1 saturated heterocycles. The van der Waals surface area contributed by atoms with Gasteiger partial charge in [0.2, 0.25) is 5.91 Å². The summed E-state index contributed by atoms with van der Waals surface area (Å²) in [6.07, 6.45) is 9.04. The van der Waals surface area contributed by atoms with Gasteiger partial charge in [0.05, 0.1) is 23.4 Å². The smallest absolute Gasteiger partial charge is 0.327 e. The topological polar surface area (TPSA) is 94.4 Å². The quantitative estimate of drug-likeness (QED) is 0.184. The first-order valence-electron chi connectivity index (χ1n) is 11.3. The molecule has 0 unspecified atom stereocenters. The van der Waals surface area contributed by atoms with Crippen LogP contribution in [0, 0.1) is 17.8 Å². The first-order valence-corrected chi connectivity index (χ1v) is 12.1. The number of aromatic nitrogens is 3. The van der Waals surface area contributed by atoms with Crippen molar-refractivity contribution in [3.05, 3.63) is 82.1 Å². The Morgan fingerprint density at radius 1 is 1.17 bits per heavy atom. The van der Waals surface area contributed by atoms with Gasteiger partial charge in [-0.25, -0.2) is 9.58 Å². The standard InChI is InChI=1S/C27H23BrN4O4/c1-3-14-27(16-21-17-31(30-29-21)18-24(33)36-4-2)23(15-19-10-12-20(28)13-11-19)25(34)32(26(27)35)22-8-6-5-7-9-22/h1,5-13,15,17H,4,14,16,18H2,2H3/b23-15-/t27-/m1/s1. The van der Waals surface area contributed by atoms with Crippen LogP contribution in [0.2, 0.25) is 0 Å². The molecule has 0 N–H and O–H groups in total. The third-order valence-electron chi connectivity index (χ3n) is 5.83. The molecule has 2 heterocycles. The monoisotopic (exact) mass is 546 g/mol. The van der Waals surface area contributed by atoms with E-state index >= 15 is 0 Å². The summed E-state index contributed by atoms with van der Waals surface area (Å²) in [6, 6.07) is 16.1. The highest BCUT2D eigenvalue weighted by atomic mass is 79.9. The van der Waals surface area contributed by atoms with Crippen molar-refractivity contribution in [3.8, 4) is 12.3 Å². The minimum Gasteiger partial charge on any atom is -0.465 e. The van der Waals surface area contributed by atoms with Crippen LogP contribution in [0.5, 0.6) is 0 Å². The largest absolute Gasteiger partial charge is 0.465 e. The molecule has 1 fully saturated rings. The fourth-order valence-corrected chi connectivity index (χ4v) is 4.47. The van der Waals surface area contributed by atoms with Gasteiger partial charge < -0.3 is 4.74 Å². The highest BCUT2D eigenvalue weighted by Crippen LogP contribution is 2.46. The lowest BCUT2D eigenvalue weighted by Gasteiger charge is -2.25. The van der Waals surface area contributed by atoms with E-state index in [0.29, 0.717) is 11.4 Å². The summed E-state index contributed by atoms with van der Waals surface area (Å²) in [5.74, 6) is 1.27. The molecular formula is C27H23BrN4O4. The lowest BCUT2D eigenvalue weighted by Crippen LogP contribution is -2.37. The Hall–Kier alpha value is -4.03. The maximum atomic E-state index is 14.0. The van der Waals surface area contributed by atoms with Gasteiger partial charge in [-0.05, 0) is 42.8 Å². The molecule has 3 aromatic rings. The van der Waals surface area contributed by atoms with E-state index in [1.165, 1.54) is 9.58 Å². The summed E-state index contributed by atoms with van der Waals surface area (Å²) in [4.78, 5) is 40.8. The number of benzene rings is 2. The fourth-order valence-electron chi connectivity index (χ4n) is 4.21. The van der Waals surface area contributed by atoms with Crippen molar-refractivity contribution in [1.29, 1.82) is 0 Å². The van der Waals surface area contributed by atoms with Crippen LogP contribution in [-0.4, -0.2) is 39.4 Å². The molecule has 1 atom stereocenters. The van der Waals surface area contributed by atoms with E-state index in [-0.39, 0.29) is 31.6 Å². The van der Waals surface area contributed by atoms with Gasteiger partial charge in [-0.15, -0.1) is 17.4 Å². The van der Waals surface area contributed by atoms with Crippen molar-refractivity contribution in [1.82, 2.24) is 15.0 Å². The molecule has 182 valence electrons. The Labute approximate surface area is 217 Å². The number of para-hydroxylation sites is 1. The van der Waals surface area contributed by atoms with Crippen molar-refractivity contribution in [3.63, 3.8) is 0 Å². The summed E-state index contributed by atoms with van der Waals surface area (Å²) in [6.45, 7) is 1.85. The van der Waals surface area contributed by atoms with E-state index in [1.54, 1.807) is 43.5 Å². The summed E-state index contributed by atoms with van der Waals surface area (Å²) >= 11 is 3.41. The molecule has 1 aromatic heterocycles. The van der Waals surface area contributed by atoms with Crippen LogP contribution < -0.4 is 4.90 Å². The van der Waals surface area contributed by atoms with E-state index in [0.717, 1.165) is 10.0 Å². The average Bonchev–Trinajstić information content (AvgIpc) is 3.37. The molecule has 0 bridgehead atoms. The van der Waals surface area contributed by atoms with Crippen LogP contribution in [0.15, 0.2) is 70.8 Å². The number of hydrogen-bond acceptors (Lipinski definition) is 6. The van der Waals surface area contributed by atoms with Crippen LogP contribution in [0.3, 0.4) is 0 Å². The molecule has 2 amide bonds. The van der Waals surface area contributed by atoms with E-state index in [4.69, 9.17) is 11.2 Å². The Kier molecular flexibility index (Phi) is 7.46. The molecule has 2 aromatic carbocycles. The van der Waals surface area contributed by atoms with Gasteiger partial charge in [0, 0.05) is 29.1 Å². The van der Waals surface area contributed by atoms with Crippen LogP contribution in [0.1, 0.15) is 24.6 Å². The van der Waals surface area contributed by atoms with Crippen molar-refractivity contribution in [2.24, 2.45) is 5.41 Å². The van der Waals surface area contributed by atoms with Crippen LogP contribution in [-0.2, 0) is 32.1 Å². The van der Waals surface area contributed by atoms with Crippen molar-refractivity contribution in [2.45, 2.75) is 26.3 Å². The predicted octanol–water partition coefficient (Wildman–Crippen LogP) is 3.81. The second-order valence-electron chi connectivity index (χ2n) is 8.24. The van der Waals surface area contributed by atoms with Crippen LogP contribution >= 0.6 is 15.9 Å². The molecule has 8 nitrogen and oxygen atoms in total. The maximum Gasteiger partial charge on any atom is 0.327 e. The molecule has 0 spiro atoms. The number of imide groups is 1. The molecule has 0 saturated carbocycles. The maximum absolute atomic E-state index is 14.0. The lowest BCUT2D eigenvalue weighted by molar-refractivity contribution is -0.144. The summed E-state index contributed by atoms with van der Waals surface area (Å²) < 4.78 is 7.19. The molecule has 36 heavy (non-hydrogen) atoms. The summed E-state index contributed by atoms with van der Waals surface area (Å²) in [7, 11) is 0. The molecule has 4 rings (SSSR count). The number of carbonyl (C=O) groups excluding carboxylic acids is 3. The molecule has 1 aliphatic rings. The normalized spacial score (nSPS) is 18.5. The van der Waals surface area contributed by atoms with Crippen LogP contribution in [0.25, 0.3) is 6.08 Å². The third kappa shape index (κ3) is 4.99. The number of esters is 1. The molecule has 0 radical (unpaired) electrons. The van der Waals surface area contributed by atoms with Gasteiger partial charge in [-0.1, -0.05) is 51.5 Å². The lowest BCUT2D eigenvalue weighted by atomic mass is 9.74. The SMILES string of the molecule is C#CC[C@]1(Cc2cn(CC(=O)OCC)nn2)C(=O)N(c2ccccc2)C(=O)/C1=C/c1ccc(Br)cc1. The molecule has 0 aliphatic carbocycles. The van der Waals surface area contributed by atoms with E-state index in [1.807, 2.05) is 30.3 Å². The zero-order valence-corrected chi connectivity index (χ0v) is 21.1.